The van der Waals surface area contributed by atoms with E-state index in [1.165, 1.54) is 6.92 Å². The minimum Gasteiger partial charge on any atom is -0.379 e. The first-order chi connectivity index (χ1) is 15.1. The molecule has 0 aliphatic carbocycles. The summed E-state index contributed by atoms with van der Waals surface area (Å²) >= 11 is 1.62. The maximum absolute atomic E-state index is 13.3. The maximum atomic E-state index is 13.3. The third-order valence-corrected chi connectivity index (χ3v) is 6.64. The molecule has 2 aliphatic rings. The van der Waals surface area contributed by atoms with Gasteiger partial charge in [-0.3, -0.25) is 14.5 Å². The normalized spacial score (nSPS) is 19.3. The van der Waals surface area contributed by atoms with Crippen LogP contribution in [0.2, 0.25) is 0 Å². The molecule has 0 spiro atoms. The van der Waals surface area contributed by atoms with Gasteiger partial charge in [-0.1, -0.05) is 36.4 Å². The van der Waals surface area contributed by atoms with Crippen LogP contribution in [0.3, 0.4) is 0 Å². The second-order valence-electron chi connectivity index (χ2n) is 7.79. The number of nitrogens with zero attached hydrogens (tertiary/aromatic N) is 4. The van der Waals surface area contributed by atoms with Gasteiger partial charge in [-0.05, 0) is 17.0 Å². The topological polar surface area (TPSA) is 65.5 Å². The fraction of sp³-hybridized carbons (Fsp3) is 0.435. The minimum atomic E-state index is -0.155. The minimum absolute atomic E-state index is 0.0320. The summed E-state index contributed by atoms with van der Waals surface area (Å²) in [5.41, 5.74) is 1.97. The highest BCUT2D eigenvalue weighted by Crippen LogP contribution is 2.33. The zero-order valence-corrected chi connectivity index (χ0v) is 18.6. The van der Waals surface area contributed by atoms with Crippen molar-refractivity contribution in [3.8, 4) is 0 Å². The van der Waals surface area contributed by atoms with Crippen molar-refractivity contribution in [2.45, 2.75) is 19.4 Å². The molecule has 2 amide bonds. The number of carbonyl (C=O) groups excluding carboxylic acids is 2. The summed E-state index contributed by atoms with van der Waals surface area (Å²) in [5.74, 6) is -0.253. The van der Waals surface area contributed by atoms with Gasteiger partial charge in [-0.2, -0.15) is 5.10 Å². The summed E-state index contributed by atoms with van der Waals surface area (Å²) in [6, 6.07) is 13.8. The van der Waals surface area contributed by atoms with Crippen molar-refractivity contribution in [1.29, 1.82) is 0 Å². The Morgan fingerprint density at radius 1 is 1.16 bits per heavy atom. The molecular weight excluding hydrogens is 412 g/mol. The number of thiophene rings is 1. The quantitative estimate of drug-likeness (QED) is 0.664. The molecule has 1 fully saturated rings. The van der Waals surface area contributed by atoms with Gasteiger partial charge in [0.15, 0.2) is 0 Å². The second kappa shape index (κ2) is 10.2. The number of benzene rings is 1. The molecular formula is C23H28N4O3S. The summed E-state index contributed by atoms with van der Waals surface area (Å²) in [6.07, 6.45) is 0.671. The number of amides is 2. The van der Waals surface area contributed by atoms with Crippen molar-refractivity contribution in [3.05, 3.63) is 58.3 Å². The largest absolute Gasteiger partial charge is 0.379 e. The molecule has 1 aromatic carbocycles. The van der Waals surface area contributed by atoms with Gasteiger partial charge in [0, 0.05) is 39.5 Å². The molecule has 164 valence electrons. The number of carbonyl (C=O) groups is 2. The smallest absolute Gasteiger partial charge is 0.262 e. The van der Waals surface area contributed by atoms with Crippen LogP contribution in [-0.4, -0.2) is 78.3 Å². The van der Waals surface area contributed by atoms with Crippen molar-refractivity contribution >= 4 is 28.9 Å². The lowest BCUT2D eigenvalue weighted by atomic mass is 10.0. The molecule has 7 nitrogen and oxygen atoms in total. The molecule has 1 saturated heterocycles. The maximum Gasteiger partial charge on any atom is 0.262 e. The Bertz CT molecular complexity index is 910. The zero-order chi connectivity index (χ0) is 21.6. The lowest BCUT2D eigenvalue weighted by Gasteiger charge is -2.30. The number of hydrogen-bond acceptors (Lipinski definition) is 6. The van der Waals surface area contributed by atoms with Crippen molar-refractivity contribution in [2.75, 3.05) is 45.9 Å². The van der Waals surface area contributed by atoms with Gasteiger partial charge in [0.1, 0.15) is 6.54 Å². The molecule has 3 heterocycles. The molecule has 0 bridgehead atoms. The second-order valence-corrected chi connectivity index (χ2v) is 8.74. The van der Waals surface area contributed by atoms with Crippen LogP contribution in [-0.2, 0) is 14.3 Å². The van der Waals surface area contributed by atoms with Gasteiger partial charge in [0.25, 0.3) is 5.91 Å². The van der Waals surface area contributed by atoms with Crippen molar-refractivity contribution in [1.82, 2.24) is 14.8 Å². The van der Waals surface area contributed by atoms with Crippen LogP contribution < -0.4 is 0 Å². The van der Waals surface area contributed by atoms with Crippen LogP contribution >= 0.6 is 11.3 Å². The number of hydrazone groups is 1. The van der Waals surface area contributed by atoms with E-state index in [0.29, 0.717) is 26.2 Å². The van der Waals surface area contributed by atoms with Gasteiger partial charge in [-0.25, -0.2) is 5.01 Å². The highest BCUT2D eigenvalue weighted by molar-refractivity contribution is 7.12. The predicted octanol–water partition coefficient (Wildman–Crippen LogP) is 2.61. The summed E-state index contributed by atoms with van der Waals surface area (Å²) in [7, 11) is 0. The first-order valence-corrected chi connectivity index (χ1v) is 11.5. The lowest BCUT2D eigenvalue weighted by Crippen LogP contribution is -2.45. The third kappa shape index (κ3) is 5.39. The molecule has 1 aromatic heterocycles. The van der Waals surface area contributed by atoms with E-state index >= 15 is 0 Å². The Kier molecular flexibility index (Phi) is 7.11. The Hall–Kier alpha value is -2.55. The first kappa shape index (κ1) is 21.7. The number of hydrogen-bond donors (Lipinski definition) is 0. The average Bonchev–Trinajstić information content (AvgIpc) is 3.47. The number of rotatable bonds is 7. The van der Waals surface area contributed by atoms with E-state index < -0.39 is 0 Å². The molecule has 8 heteroatoms. The van der Waals surface area contributed by atoms with Crippen molar-refractivity contribution < 1.29 is 14.3 Å². The summed E-state index contributed by atoms with van der Waals surface area (Å²) in [4.78, 5) is 30.5. The fourth-order valence-corrected chi connectivity index (χ4v) is 4.66. The van der Waals surface area contributed by atoms with Crippen LogP contribution in [0, 0.1) is 0 Å². The first-order valence-electron chi connectivity index (χ1n) is 10.7. The van der Waals surface area contributed by atoms with Gasteiger partial charge in [-0.15, -0.1) is 11.3 Å². The number of ether oxygens (including phenoxy) is 1. The molecule has 0 unspecified atom stereocenters. The standard InChI is InChI=1S/C23H28N4O3S/c1-18(28)26(10-9-25-11-13-30-14-12-25)17-23(29)27-21(19-6-3-2-4-7-19)16-20(24-27)22-8-5-15-31-22/h2-8,15,21H,9-14,16-17H2,1H3/t21-/m0/s1. The molecule has 0 saturated carbocycles. The van der Waals surface area contributed by atoms with Crippen LogP contribution in [0.5, 0.6) is 0 Å². The van der Waals surface area contributed by atoms with Crippen LogP contribution in [0.25, 0.3) is 0 Å². The monoisotopic (exact) mass is 440 g/mol. The van der Waals surface area contributed by atoms with Gasteiger partial charge < -0.3 is 9.64 Å². The van der Waals surface area contributed by atoms with E-state index in [4.69, 9.17) is 9.84 Å². The van der Waals surface area contributed by atoms with Crippen LogP contribution in [0.4, 0.5) is 0 Å². The van der Waals surface area contributed by atoms with Crippen LogP contribution in [0.1, 0.15) is 29.8 Å². The summed E-state index contributed by atoms with van der Waals surface area (Å²) in [6.45, 7) is 5.95. The van der Waals surface area contributed by atoms with E-state index in [1.54, 1.807) is 21.2 Å². The van der Waals surface area contributed by atoms with E-state index in [-0.39, 0.29) is 24.4 Å². The molecule has 0 radical (unpaired) electrons. The van der Waals surface area contributed by atoms with Crippen LogP contribution in [0.15, 0.2) is 52.9 Å². The Balaban J connectivity index is 1.48. The highest BCUT2D eigenvalue weighted by Gasteiger charge is 2.34. The zero-order valence-electron chi connectivity index (χ0n) is 17.8. The molecule has 31 heavy (non-hydrogen) atoms. The molecule has 4 rings (SSSR count). The van der Waals surface area contributed by atoms with E-state index in [0.717, 1.165) is 35.8 Å². The Morgan fingerprint density at radius 2 is 1.94 bits per heavy atom. The summed E-state index contributed by atoms with van der Waals surface area (Å²) < 4.78 is 5.38. The summed E-state index contributed by atoms with van der Waals surface area (Å²) in [5, 5.41) is 8.29. The SMILES string of the molecule is CC(=O)N(CCN1CCOCC1)CC(=O)N1N=C(c2cccs2)C[C@H]1c1ccccc1. The van der Waals surface area contributed by atoms with Crippen molar-refractivity contribution in [2.24, 2.45) is 5.10 Å². The van der Waals surface area contributed by atoms with Gasteiger partial charge in [0.2, 0.25) is 5.91 Å². The number of morpholine rings is 1. The molecule has 2 aliphatic heterocycles. The van der Waals surface area contributed by atoms with Gasteiger partial charge in [0.05, 0.1) is 29.8 Å². The van der Waals surface area contributed by atoms with Gasteiger partial charge >= 0.3 is 0 Å². The Labute approximate surface area is 186 Å². The van der Waals surface area contributed by atoms with E-state index in [9.17, 15) is 9.59 Å². The predicted molar refractivity (Wildman–Crippen MR) is 121 cm³/mol. The van der Waals surface area contributed by atoms with E-state index in [2.05, 4.69) is 4.90 Å². The highest BCUT2D eigenvalue weighted by atomic mass is 32.1. The molecule has 1 atom stereocenters. The third-order valence-electron chi connectivity index (χ3n) is 5.72. The fourth-order valence-electron chi connectivity index (χ4n) is 3.94. The van der Waals surface area contributed by atoms with E-state index in [1.807, 2.05) is 47.8 Å². The Morgan fingerprint density at radius 3 is 2.61 bits per heavy atom. The average molecular weight is 441 g/mol. The van der Waals surface area contributed by atoms with Crippen molar-refractivity contribution in [3.63, 3.8) is 0 Å². The lowest BCUT2D eigenvalue weighted by molar-refractivity contribution is -0.140. The molecule has 0 N–H and O–H groups in total. The molecule has 2 aromatic rings.